The number of aliphatic carboxylic acids is 1. The van der Waals surface area contributed by atoms with Crippen LogP contribution in [0.4, 0.5) is 0 Å². The minimum Gasteiger partial charge on any atom is -0.508 e. The Bertz CT molecular complexity index is 4070. The number of phenolic OH excluding ortho intramolecular Hbond substituents is 3. The standard InChI is InChI=1S/C66H75Cl2N9O24/c1-23(2)12-34(71-5)58(88)76-49-51(83)26-7-10-38(32(67)14-26)97-40-16-28-17-41(55(40)101-65-56(54(86)53(85)42(22-78)99-65)100-44-21-66(4,70)57(87)24(3)96-44)98-39-11-8-27(15-33(39)68)52(84)50-63(93)75-48(64(94)95)31-18-29(79)19-37(81)45(31)30-13-25(6-9-36(30)80)46(60(90)77-50)74-61(91)47(28)73-59(89)35(20-43(69)82)72-62(49)92/h6-11,13-19,23-24,34-35,42,44,46-54,56-57,65,71,78-81,83-87H,12,20-22,70H2,1-5H3,(H2,69,82)(H,72,92)(H,73,89)(H,74,91)(H,75,93)(H,76,88)(H,77,90)(H,94,95)/t24?,34?,35?,42?,44?,46?,47?,48-,49?,50?,51?,52?,53?,54?,56?,57?,65?,66+/m1/s1. The lowest BCUT2D eigenvalue weighted by atomic mass is 9.86. The predicted octanol–water partition coefficient (Wildman–Crippen LogP) is 0.106. The van der Waals surface area contributed by atoms with Gasteiger partial charge >= 0.3 is 5.97 Å². The third kappa shape index (κ3) is 15.8. The van der Waals surface area contributed by atoms with Gasteiger partial charge in [0, 0.05) is 34.7 Å². The van der Waals surface area contributed by atoms with Crippen molar-refractivity contribution in [2.24, 2.45) is 17.4 Å². The number of likely N-dealkylation sites (N-methyl/N-ethyl adjacent to an activating group) is 1. The molecule has 0 aliphatic carbocycles. The van der Waals surface area contributed by atoms with Gasteiger partial charge in [-0.1, -0.05) is 55.2 Å². The summed E-state index contributed by atoms with van der Waals surface area (Å²) < 4.78 is 38.3. The third-order valence-corrected chi connectivity index (χ3v) is 18.4. The number of rotatable bonds is 13. The lowest BCUT2D eigenvalue weighted by Gasteiger charge is -2.47. The van der Waals surface area contributed by atoms with Gasteiger partial charge in [0.2, 0.25) is 53.4 Å². The number of aliphatic hydroxyl groups is 6. The molecule has 33 nitrogen and oxygen atoms in total. The fraction of sp³-hybridized carbons (Fsp3) is 0.424. The fourth-order valence-corrected chi connectivity index (χ4v) is 12.9. The number of hydrogen-bond donors (Lipinski definition) is 19. The lowest BCUT2D eigenvalue weighted by molar-refractivity contribution is -0.333. The van der Waals surface area contributed by atoms with E-state index in [2.05, 4.69) is 37.2 Å². The Balaban J connectivity index is 1.24. The van der Waals surface area contributed by atoms with E-state index >= 15 is 14.4 Å². The first-order valence-electron chi connectivity index (χ1n) is 31.6. The molecule has 101 heavy (non-hydrogen) atoms. The zero-order valence-corrected chi connectivity index (χ0v) is 55.8. The summed E-state index contributed by atoms with van der Waals surface area (Å²) in [6.07, 6.45) is -18.6. The molecule has 11 bridgehead atoms. The molecule has 5 aromatic rings. The summed E-state index contributed by atoms with van der Waals surface area (Å²) in [6.45, 7) is 5.66. The zero-order chi connectivity index (χ0) is 73.5. The van der Waals surface area contributed by atoms with E-state index in [9.17, 15) is 75.0 Å². The number of benzene rings is 5. The quantitative estimate of drug-likeness (QED) is 0.0743. The highest BCUT2D eigenvalue weighted by atomic mass is 35.5. The number of nitrogens with two attached hydrogens (primary N) is 2. The van der Waals surface area contributed by atoms with E-state index in [-0.39, 0.29) is 46.2 Å². The van der Waals surface area contributed by atoms with E-state index in [1.165, 1.54) is 33.0 Å². The maximum absolute atomic E-state index is 16.0. The summed E-state index contributed by atoms with van der Waals surface area (Å²) in [7, 11) is 1.47. The smallest absolute Gasteiger partial charge is 0.330 e. The summed E-state index contributed by atoms with van der Waals surface area (Å²) in [4.78, 5) is 117. The Morgan fingerprint density at radius 3 is 1.90 bits per heavy atom. The highest BCUT2D eigenvalue weighted by molar-refractivity contribution is 6.32. The first kappa shape index (κ1) is 74.5. The first-order valence-corrected chi connectivity index (χ1v) is 32.4. The van der Waals surface area contributed by atoms with Gasteiger partial charge in [0.1, 0.15) is 89.5 Å². The molecule has 0 saturated carbocycles. The number of aliphatic hydroxyl groups excluding tert-OH is 6. The van der Waals surface area contributed by atoms with Crippen molar-refractivity contribution in [2.75, 3.05) is 13.7 Å². The third-order valence-electron chi connectivity index (χ3n) is 17.8. The van der Waals surface area contributed by atoms with Crippen molar-refractivity contribution in [1.29, 1.82) is 0 Å². The first-order chi connectivity index (χ1) is 47.7. The minimum absolute atomic E-state index is 0.0975. The minimum atomic E-state index is -2.35. The number of phenols is 3. The van der Waals surface area contributed by atoms with Crippen molar-refractivity contribution >= 4 is 70.5 Å². The molecule has 16 unspecified atom stereocenters. The molecule has 7 aliphatic rings. The highest BCUT2D eigenvalue weighted by Crippen LogP contribution is 2.50. The Kier molecular flexibility index (Phi) is 22.2. The maximum atomic E-state index is 16.0. The Morgan fingerprint density at radius 1 is 0.713 bits per heavy atom. The molecule has 0 aromatic heterocycles. The summed E-state index contributed by atoms with van der Waals surface area (Å²) in [5.74, 6) is -16.0. The average Bonchev–Trinajstić information content (AvgIpc) is 0.775. The number of aromatic hydroxyl groups is 3. The molecular formula is C66H75Cl2N9O24. The van der Waals surface area contributed by atoms with Crippen LogP contribution in [-0.2, 0) is 52.6 Å². The summed E-state index contributed by atoms with van der Waals surface area (Å²) in [5.41, 5.74) is 8.00. The summed E-state index contributed by atoms with van der Waals surface area (Å²) in [5, 5.41) is 131. The van der Waals surface area contributed by atoms with Gasteiger partial charge in [0.15, 0.2) is 29.9 Å². The normalized spacial score (nSPS) is 29.4. The number of carboxylic acid groups (broad SMARTS) is 1. The second-order valence-corrected chi connectivity index (χ2v) is 26.5. The van der Waals surface area contributed by atoms with Crippen LogP contribution in [0.3, 0.4) is 0 Å². The van der Waals surface area contributed by atoms with Crippen LogP contribution < -0.4 is 62.9 Å². The number of ether oxygens (including phenoxy) is 6. The number of halogens is 2. The Hall–Kier alpha value is -9.20. The van der Waals surface area contributed by atoms with Crippen LogP contribution in [-0.4, -0.2) is 191 Å². The van der Waals surface area contributed by atoms with Crippen LogP contribution >= 0.6 is 23.2 Å². The Labute approximate surface area is 584 Å². The molecule has 5 aromatic carbocycles. The number of nitrogens with one attached hydrogen (secondary N) is 7. The van der Waals surface area contributed by atoms with E-state index < -0.39 is 237 Å². The largest absolute Gasteiger partial charge is 0.508 e. The van der Waals surface area contributed by atoms with Gasteiger partial charge in [0.25, 0.3) is 0 Å². The number of carbonyl (C=O) groups is 8. The van der Waals surface area contributed by atoms with Crippen LogP contribution in [0.1, 0.15) is 105 Å². The van der Waals surface area contributed by atoms with Gasteiger partial charge in [0.05, 0.1) is 41.3 Å². The Morgan fingerprint density at radius 2 is 1.32 bits per heavy atom. The molecule has 7 amide bonds. The molecular weight excluding hydrogens is 1370 g/mol. The molecule has 7 heterocycles. The average molecular weight is 1450 g/mol. The van der Waals surface area contributed by atoms with Crippen LogP contribution in [0.15, 0.2) is 78.9 Å². The second-order valence-electron chi connectivity index (χ2n) is 25.7. The summed E-state index contributed by atoms with van der Waals surface area (Å²) in [6, 6.07) is -0.679. The summed E-state index contributed by atoms with van der Waals surface area (Å²) >= 11 is 14.1. The molecule has 21 N–H and O–H groups in total. The zero-order valence-electron chi connectivity index (χ0n) is 54.3. The van der Waals surface area contributed by atoms with Crippen LogP contribution in [0.2, 0.25) is 10.0 Å². The number of hydrogen-bond acceptors (Lipinski definition) is 25. The second kappa shape index (κ2) is 30.2. The van der Waals surface area contributed by atoms with Crippen molar-refractivity contribution in [1.82, 2.24) is 37.2 Å². The predicted molar refractivity (Wildman–Crippen MR) is 349 cm³/mol. The van der Waals surface area contributed by atoms with Crippen molar-refractivity contribution in [3.63, 3.8) is 0 Å². The van der Waals surface area contributed by atoms with Crippen molar-refractivity contribution in [3.8, 4) is 57.1 Å². The van der Waals surface area contributed by atoms with E-state index in [1.807, 2.05) is 13.8 Å². The van der Waals surface area contributed by atoms with Gasteiger partial charge in [-0.25, -0.2) is 4.79 Å². The number of amides is 7. The van der Waals surface area contributed by atoms with Crippen LogP contribution in [0.25, 0.3) is 11.1 Å². The number of fused-ring (bicyclic) bond motifs is 15. The van der Waals surface area contributed by atoms with Gasteiger partial charge in [-0.05, 0) is 110 Å². The molecule has 35 heteroatoms. The molecule has 542 valence electrons. The number of carboxylic acids is 1. The van der Waals surface area contributed by atoms with Crippen molar-refractivity contribution in [2.45, 2.75) is 156 Å². The van der Waals surface area contributed by atoms with Gasteiger partial charge in [-0.3, -0.25) is 33.6 Å². The van der Waals surface area contributed by atoms with Crippen molar-refractivity contribution in [3.05, 3.63) is 117 Å². The topological polar surface area (TPSA) is 530 Å². The lowest BCUT2D eigenvalue weighted by Crippen LogP contribution is -2.64. The van der Waals surface area contributed by atoms with Gasteiger partial charge < -0.3 is 128 Å². The van der Waals surface area contributed by atoms with Gasteiger partial charge in [-0.2, -0.15) is 0 Å². The molecule has 12 rings (SSSR count). The number of primary amides is 1. The molecule has 18 atom stereocenters. The molecule has 0 spiro atoms. The van der Waals surface area contributed by atoms with Crippen LogP contribution in [0.5, 0.6) is 46.0 Å². The maximum Gasteiger partial charge on any atom is 0.330 e. The molecule has 7 aliphatic heterocycles. The molecule has 0 radical (unpaired) electrons. The SMILES string of the molecule is CNC(CC(C)C)C(=O)NC1C(=O)NC(CC(N)=O)C(=O)NC2C(=O)NC3C(=O)NC(C(=O)N[C@@H](C(=O)O)c4cc(O)cc(O)c4-c4cc3ccc4O)C(O)c3ccc(c(Cl)c3)Oc3cc2cc(c3OC2OC(CO)C(O)C(O)C2OC2C[C@](C)(N)C(O)C(C)O2)Oc2ccc(cc2Cl)C1O. The van der Waals surface area contributed by atoms with Gasteiger partial charge in [-0.15, -0.1) is 0 Å². The molecule has 2 fully saturated rings. The van der Waals surface area contributed by atoms with E-state index in [1.54, 1.807) is 0 Å². The van der Waals surface area contributed by atoms with Crippen molar-refractivity contribution < 1.29 is 118 Å². The fourth-order valence-electron chi connectivity index (χ4n) is 12.5. The van der Waals surface area contributed by atoms with E-state index in [4.69, 9.17) is 63.1 Å². The van der Waals surface area contributed by atoms with E-state index in [0.717, 1.165) is 66.7 Å². The number of carbonyl (C=O) groups excluding carboxylic acids is 7. The van der Waals surface area contributed by atoms with E-state index in [0.29, 0.717) is 0 Å². The monoisotopic (exact) mass is 1450 g/mol. The highest BCUT2D eigenvalue weighted by Gasteiger charge is 2.51. The molecule has 2 saturated heterocycles. The van der Waals surface area contributed by atoms with Crippen LogP contribution in [0, 0.1) is 5.92 Å².